The molecule has 2 N–H and O–H groups in total. The van der Waals surface area contributed by atoms with Crippen molar-refractivity contribution in [2.45, 2.75) is 34.1 Å². The number of rotatable bonds is 4. The van der Waals surface area contributed by atoms with Crippen LogP contribution in [0.3, 0.4) is 0 Å². The topological polar surface area (TPSA) is 43.1 Å². The highest BCUT2D eigenvalue weighted by molar-refractivity contribution is 5.79. The number of carbonyl (C=O) groups excluding carboxylic acids is 1. The zero-order valence-corrected chi connectivity index (χ0v) is 7.98. The fraction of sp³-hybridized carbons (Fsp3) is 0.889. The van der Waals surface area contributed by atoms with E-state index in [0.29, 0.717) is 6.54 Å². The molecule has 0 spiro atoms. The van der Waals surface area contributed by atoms with E-state index in [-0.39, 0.29) is 17.1 Å². The van der Waals surface area contributed by atoms with Crippen LogP contribution in [0.25, 0.3) is 0 Å². The van der Waals surface area contributed by atoms with Crippen LogP contribution >= 0.6 is 0 Å². The van der Waals surface area contributed by atoms with Gasteiger partial charge in [0.1, 0.15) is 5.78 Å². The second kappa shape index (κ2) is 3.86. The largest absolute Gasteiger partial charge is 0.330 e. The van der Waals surface area contributed by atoms with E-state index in [1.807, 2.05) is 0 Å². The number of carbonyl (C=O) groups is 1. The lowest BCUT2D eigenvalue weighted by atomic mass is 9.75. The Labute approximate surface area is 69.2 Å². The Morgan fingerprint density at radius 3 is 2.09 bits per heavy atom. The van der Waals surface area contributed by atoms with Gasteiger partial charge in [0.15, 0.2) is 0 Å². The molecule has 0 aromatic heterocycles. The predicted molar refractivity (Wildman–Crippen MR) is 47.3 cm³/mol. The first-order valence-corrected chi connectivity index (χ1v) is 4.16. The van der Waals surface area contributed by atoms with Crippen LogP contribution in [-0.2, 0) is 4.79 Å². The average Bonchev–Trinajstić information content (AvgIpc) is 1.88. The predicted octanol–water partition coefficient (Wildman–Crippen LogP) is 1.59. The van der Waals surface area contributed by atoms with Crippen molar-refractivity contribution < 1.29 is 4.79 Å². The van der Waals surface area contributed by atoms with E-state index in [1.165, 1.54) is 0 Å². The van der Waals surface area contributed by atoms with Crippen molar-refractivity contribution >= 4 is 5.78 Å². The molecule has 0 aromatic carbocycles. The highest BCUT2D eigenvalue weighted by Gasteiger charge is 2.29. The number of Topliss-reactive ketones (excluding diaryl/α,β-unsaturated/α-hetero) is 1. The maximum atomic E-state index is 11.1. The molecule has 0 aromatic rings. The molecule has 2 heteroatoms. The molecule has 2 nitrogen and oxygen atoms in total. The fourth-order valence-electron chi connectivity index (χ4n) is 1.28. The Balaban J connectivity index is 4.36. The van der Waals surface area contributed by atoms with Crippen molar-refractivity contribution in [3.8, 4) is 0 Å². The monoisotopic (exact) mass is 157 g/mol. The summed E-state index contributed by atoms with van der Waals surface area (Å²) in [6, 6.07) is 0. The minimum atomic E-state index is 0.0208. The molecule has 0 aliphatic rings. The van der Waals surface area contributed by atoms with Crippen LogP contribution < -0.4 is 5.73 Å². The molecule has 0 aliphatic heterocycles. The van der Waals surface area contributed by atoms with Gasteiger partial charge < -0.3 is 5.73 Å². The van der Waals surface area contributed by atoms with E-state index < -0.39 is 0 Å². The average molecular weight is 157 g/mol. The lowest BCUT2D eigenvalue weighted by Gasteiger charge is -2.30. The SMILES string of the molecule is CCC(C)(C)C(CN)C(C)=O. The van der Waals surface area contributed by atoms with Crippen molar-refractivity contribution in [2.75, 3.05) is 6.54 Å². The summed E-state index contributed by atoms with van der Waals surface area (Å²) in [6.45, 7) is 8.36. The molecule has 0 heterocycles. The standard InChI is InChI=1S/C9H19NO/c1-5-9(3,4)8(6-10)7(2)11/h8H,5-6,10H2,1-4H3. The Hall–Kier alpha value is -0.370. The van der Waals surface area contributed by atoms with Crippen LogP contribution in [0.15, 0.2) is 0 Å². The van der Waals surface area contributed by atoms with Gasteiger partial charge in [-0.3, -0.25) is 4.79 Å². The molecule has 0 rings (SSSR count). The van der Waals surface area contributed by atoms with E-state index in [4.69, 9.17) is 5.73 Å². The smallest absolute Gasteiger partial charge is 0.134 e. The molecule has 66 valence electrons. The molecule has 0 saturated heterocycles. The highest BCUT2D eigenvalue weighted by Crippen LogP contribution is 2.30. The van der Waals surface area contributed by atoms with E-state index in [1.54, 1.807) is 6.92 Å². The first-order valence-electron chi connectivity index (χ1n) is 4.16. The number of hydrogen-bond donors (Lipinski definition) is 1. The molecule has 0 bridgehead atoms. The highest BCUT2D eigenvalue weighted by atomic mass is 16.1. The number of ketones is 1. The number of hydrogen-bond acceptors (Lipinski definition) is 2. The molecule has 1 atom stereocenters. The van der Waals surface area contributed by atoms with Crippen molar-refractivity contribution in [3.05, 3.63) is 0 Å². The summed E-state index contributed by atoms with van der Waals surface area (Å²) in [7, 11) is 0. The van der Waals surface area contributed by atoms with Crippen LogP contribution in [0.5, 0.6) is 0 Å². The van der Waals surface area contributed by atoms with Crippen molar-refractivity contribution in [1.82, 2.24) is 0 Å². The minimum Gasteiger partial charge on any atom is -0.330 e. The number of nitrogens with two attached hydrogens (primary N) is 1. The first-order chi connectivity index (χ1) is 4.95. The third kappa shape index (κ3) is 2.62. The van der Waals surface area contributed by atoms with Gasteiger partial charge in [-0.25, -0.2) is 0 Å². The quantitative estimate of drug-likeness (QED) is 0.673. The molecule has 0 saturated carbocycles. The van der Waals surface area contributed by atoms with Gasteiger partial charge in [0.25, 0.3) is 0 Å². The summed E-state index contributed by atoms with van der Waals surface area (Å²) in [5.74, 6) is 0.229. The minimum absolute atomic E-state index is 0.0208. The molecule has 0 fully saturated rings. The van der Waals surface area contributed by atoms with E-state index in [0.717, 1.165) is 6.42 Å². The van der Waals surface area contributed by atoms with Gasteiger partial charge in [-0.2, -0.15) is 0 Å². The van der Waals surface area contributed by atoms with Gasteiger partial charge in [0.05, 0.1) is 0 Å². The molecule has 1 unspecified atom stereocenters. The second-order valence-corrected chi connectivity index (χ2v) is 3.74. The normalized spacial score (nSPS) is 14.6. The lowest BCUT2D eigenvalue weighted by Crippen LogP contribution is -2.35. The summed E-state index contributed by atoms with van der Waals surface area (Å²) < 4.78 is 0. The van der Waals surface area contributed by atoms with Gasteiger partial charge in [-0.15, -0.1) is 0 Å². The van der Waals surface area contributed by atoms with Gasteiger partial charge >= 0.3 is 0 Å². The maximum Gasteiger partial charge on any atom is 0.134 e. The summed E-state index contributed by atoms with van der Waals surface area (Å²) >= 11 is 0. The Morgan fingerprint density at radius 1 is 1.55 bits per heavy atom. The molecule has 0 radical (unpaired) electrons. The summed E-state index contributed by atoms with van der Waals surface area (Å²) in [6.07, 6.45) is 0.994. The van der Waals surface area contributed by atoms with Gasteiger partial charge in [0.2, 0.25) is 0 Å². The fourth-order valence-corrected chi connectivity index (χ4v) is 1.28. The van der Waals surface area contributed by atoms with Gasteiger partial charge in [-0.05, 0) is 12.3 Å². The third-order valence-corrected chi connectivity index (χ3v) is 2.58. The zero-order valence-electron chi connectivity index (χ0n) is 7.98. The van der Waals surface area contributed by atoms with Crippen LogP contribution in [0.4, 0.5) is 0 Å². The summed E-state index contributed by atoms with van der Waals surface area (Å²) in [5, 5.41) is 0. The molecule has 0 amide bonds. The Kier molecular flexibility index (Phi) is 3.73. The van der Waals surface area contributed by atoms with E-state index in [9.17, 15) is 4.79 Å². The van der Waals surface area contributed by atoms with Crippen LogP contribution in [-0.4, -0.2) is 12.3 Å². The molecular formula is C9H19NO. The molecule has 0 aliphatic carbocycles. The van der Waals surface area contributed by atoms with Crippen molar-refractivity contribution in [2.24, 2.45) is 17.1 Å². The summed E-state index contributed by atoms with van der Waals surface area (Å²) in [5.41, 5.74) is 5.57. The maximum absolute atomic E-state index is 11.1. The second-order valence-electron chi connectivity index (χ2n) is 3.74. The van der Waals surface area contributed by atoms with E-state index >= 15 is 0 Å². The van der Waals surface area contributed by atoms with Gasteiger partial charge in [0, 0.05) is 12.5 Å². The van der Waals surface area contributed by atoms with Crippen LogP contribution in [0.1, 0.15) is 34.1 Å². The molecule has 11 heavy (non-hydrogen) atoms. The van der Waals surface area contributed by atoms with Crippen molar-refractivity contribution in [3.63, 3.8) is 0 Å². The third-order valence-electron chi connectivity index (χ3n) is 2.58. The van der Waals surface area contributed by atoms with E-state index in [2.05, 4.69) is 20.8 Å². The lowest BCUT2D eigenvalue weighted by molar-refractivity contribution is -0.123. The first kappa shape index (κ1) is 10.6. The Bertz CT molecular complexity index is 140. The zero-order chi connectivity index (χ0) is 9.07. The van der Waals surface area contributed by atoms with Crippen molar-refractivity contribution in [1.29, 1.82) is 0 Å². The summed E-state index contributed by atoms with van der Waals surface area (Å²) in [4.78, 5) is 11.1. The Morgan fingerprint density at radius 2 is 2.00 bits per heavy atom. The van der Waals surface area contributed by atoms with Crippen LogP contribution in [0.2, 0.25) is 0 Å². The van der Waals surface area contributed by atoms with Crippen LogP contribution in [0, 0.1) is 11.3 Å². The van der Waals surface area contributed by atoms with Gasteiger partial charge in [-0.1, -0.05) is 27.2 Å². The molecular weight excluding hydrogens is 138 g/mol.